The van der Waals surface area contributed by atoms with Crippen molar-refractivity contribution in [2.45, 2.75) is 57.0 Å². The molecular formula is C21H29NO7S. The Bertz CT molecular complexity index is 720. The molecule has 3 atom stereocenters. The maximum Gasteiger partial charge on any atom is 0.408 e. The number of hydrogen-bond donors (Lipinski definition) is 1. The molecule has 1 aromatic rings. The van der Waals surface area contributed by atoms with Gasteiger partial charge in [0.15, 0.2) is 5.78 Å². The Morgan fingerprint density at radius 2 is 1.97 bits per heavy atom. The number of hydrogen-bond acceptors (Lipinski definition) is 8. The normalized spacial score (nSPS) is 20.3. The second-order valence-electron chi connectivity index (χ2n) is 7.81. The maximum atomic E-state index is 12.4. The lowest BCUT2D eigenvalue weighted by molar-refractivity contribution is -0.181. The quantitative estimate of drug-likeness (QED) is 0.617. The molecule has 2 rings (SSSR count). The van der Waals surface area contributed by atoms with Crippen LogP contribution in [0, 0.1) is 0 Å². The van der Waals surface area contributed by atoms with Crippen molar-refractivity contribution in [1.82, 2.24) is 5.32 Å². The van der Waals surface area contributed by atoms with Crippen molar-refractivity contribution in [2.75, 3.05) is 19.5 Å². The fourth-order valence-corrected chi connectivity index (χ4v) is 3.80. The van der Waals surface area contributed by atoms with Crippen LogP contribution in [-0.2, 0) is 35.1 Å². The fraction of sp³-hybridized carbons (Fsp3) is 0.571. The van der Waals surface area contributed by atoms with Crippen LogP contribution in [-0.4, -0.2) is 60.5 Å². The van der Waals surface area contributed by atoms with Crippen molar-refractivity contribution in [1.29, 1.82) is 0 Å². The number of amides is 1. The van der Waals surface area contributed by atoms with Crippen molar-refractivity contribution < 1.29 is 33.3 Å². The molecule has 1 amide bonds. The molecule has 30 heavy (non-hydrogen) atoms. The van der Waals surface area contributed by atoms with Gasteiger partial charge in [0.2, 0.25) is 6.29 Å². The zero-order chi connectivity index (χ0) is 22.1. The molecule has 1 aromatic carbocycles. The molecule has 0 saturated carbocycles. The van der Waals surface area contributed by atoms with E-state index in [1.807, 2.05) is 30.3 Å². The van der Waals surface area contributed by atoms with Gasteiger partial charge in [-0.2, -0.15) is 11.8 Å². The summed E-state index contributed by atoms with van der Waals surface area (Å²) in [5, 5.41) is 2.36. The molecule has 0 spiro atoms. The molecule has 1 fully saturated rings. The van der Waals surface area contributed by atoms with Gasteiger partial charge in [0.1, 0.15) is 11.6 Å². The number of benzene rings is 1. The Balaban J connectivity index is 1.80. The molecule has 9 heteroatoms. The van der Waals surface area contributed by atoms with E-state index in [1.54, 1.807) is 20.8 Å². The highest BCUT2D eigenvalue weighted by Crippen LogP contribution is 2.24. The molecule has 166 valence electrons. The summed E-state index contributed by atoms with van der Waals surface area (Å²) in [4.78, 5) is 36.3. The highest BCUT2D eigenvalue weighted by atomic mass is 32.2. The Labute approximate surface area is 181 Å². The molecular weight excluding hydrogens is 410 g/mol. The number of methoxy groups -OCH3 is 1. The highest BCUT2D eigenvalue weighted by molar-refractivity contribution is 8.00. The Morgan fingerprint density at radius 1 is 1.27 bits per heavy atom. The fourth-order valence-electron chi connectivity index (χ4n) is 2.65. The van der Waals surface area contributed by atoms with Crippen LogP contribution < -0.4 is 5.32 Å². The predicted molar refractivity (Wildman–Crippen MR) is 112 cm³/mol. The summed E-state index contributed by atoms with van der Waals surface area (Å²) >= 11 is 1.36. The summed E-state index contributed by atoms with van der Waals surface area (Å²) in [6.07, 6.45) is -1.34. The van der Waals surface area contributed by atoms with E-state index in [0.29, 0.717) is 13.2 Å². The van der Waals surface area contributed by atoms with Gasteiger partial charge in [0.05, 0.1) is 20.3 Å². The lowest BCUT2D eigenvalue weighted by atomic mass is 10.2. The van der Waals surface area contributed by atoms with Crippen LogP contribution in [0.15, 0.2) is 30.3 Å². The van der Waals surface area contributed by atoms with Crippen LogP contribution >= 0.6 is 11.8 Å². The first-order valence-corrected chi connectivity index (χ1v) is 10.7. The zero-order valence-electron chi connectivity index (χ0n) is 17.7. The highest BCUT2D eigenvalue weighted by Gasteiger charge is 2.32. The van der Waals surface area contributed by atoms with Crippen LogP contribution in [0.25, 0.3) is 0 Å². The van der Waals surface area contributed by atoms with E-state index in [-0.39, 0.29) is 23.2 Å². The lowest BCUT2D eigenvalue weighted by Crippen LogP contribution is -2.46. The van der Waals surface area contributed by atoms with Crippen LogP contribution in [0.2, 0.25) is 0 Å². The molecule has 1 heterocycles. The molecule has 0 radical (unpaired) electrons. The van der Waals surface area contributed by atoms with Crippen molar-refractivity contribution in [3.05, 3.63) is 35.9 Å². The largest absolute Gasteiger partial charge is 0.467 e. The van der Waals surface area contributed by atoms with Crippen LogP contribution in [0.5, 0.6) is 0 Å². The number of alkyl carbamates (subject to hydrolysis) is 1. The number of esters is 1. The number of Topliss-reactive ketones (excluding diaryl/α,β-unsaturated/α-hetero) is 1. The first kappa shape index (κ1) is 24.2. The number of thioether (sulfide) groups is 1. The third-order valence-corrected chi connectivity index (χ3v) is 5.34. The third-order valence-electron chi connectivity index (χ3n) is 4.04. The van der Waals surface area contributed by atoms with Gasteiger partial charge in [-0.3, -0.25) is 4.79 Å². The van der Waals surface area contributed by atoms with E-state index in [0.717, 1.165) is 5.56 Å². The van der Waals surface area contributed by atoms with E-state index in [9.17, 15) is 14.4 Å². The SMILES string of the molecule is COC(=O)[C@H](CS[C@@H]1CO[C@@H](OCc2ccccc2)C(=O)C1)NC(=O)OC(C)(C)C. The molecule has 1 saturated heterocycles. The van der Waals surface area contributed by atoms with E-state index >= 15 is 0 Å². The Morgan fingerprint density at radius 3 is 2.57 bits per heavy atom. The van der Waals surface area contributed by atoms with Crippen LogP contribution in [0.1, 0.15) is 32.8 Å². The average Bonchev–Trinajstić information content (AvgIpc) is 2.69. The van der Waals surface area contributed by atoms with Crippen molar-refractivity contribution in [3.8, 4) is 0 Å². The summed E-state index contributed by atoms with van der Waals surface area (Å²) in [6.45, 7) is 5.79. The number of ether oxygens (including phenoxy) is 4. The van der Waals surface area contributed by atoms with E-state index in [4.69, 9.17) is 18.9 Å². The molecule has 0 aromatic heterocycles. The van der Waals surface area contributed by atoms with Crippen LogP contribution in [0.4, 0.5) is 4.79 Å². The standard InChI is InChI=1S/C21H29NO7S/c1-21(2,3)29-20(25)22-16(18(24)26-4)13-30-15-10-17(23)19(28-12-15)27-11-14-8-6-5-7-9-14/h5-9,15-16,19H,10-13H2,1-4H3,(H,22,25)/t15-,16-,19+/m0/s1. The van der Waals surface area contributed by atoms with Crippen molar-refractivity contribution in [2.24, 2.45) is 0 Å². The summed E-state index contributed by atoms with van der Waals surface area (Å²) in [6, 6.07) is 8.65. The van der Waals surface area contributed by atoms with E-state index in [2.05, 4.69) is 5.32 Å². The molecule has 1 aliphatic heterocycles. The number of rotatable bonds is 8. The van der Waals surface area contributed by atoms with Gasteiger partial charge in [-0.1, -0.05) is 30.3 Å². The minimum Gasteiger partial charge on any atom is -0.467 e. The smallest absolute Gasteiger partial charge is 0.408 e. The summed E-state index contributed by atoms with van der Waals surface area (Å²) in [7, 11) is 1.25. The first-order valence-electron chi connectivity index (χ1n) is 9.66. The van der Waals surface area contributed by atoms with Gasteiger partial charge in [-0.05, 0) is 26.3 Å². The Hall–Kier alpha value is -2.10. The number of ketones is 1. The summed E-state index contributed by atoms with van der Waals surface area (Å²) in [5.74, 6) is -0.507. The first-order chi connectivity index (χ1) is 14.2. The minimum atomic E-state index is -0.892. The molecule has 1 N–H and O–H groups in total. The lowest BCUT2D eigenvalue weighted by Gasteiger charge is -2.28. The maximum absolute atomic E-state index is 12.4. The molecule has 8 nitrogen and oxygen atoms in total. The zero-order valence-corrected chi connectivity index (χ0v) is 18.5. The number of carbonyl (C=O) groups excluding carboxylic acids is 3. The average molecular weight is 440 g/mol. The van der Waals surface area contributed by atoms with Crippen molar-refractivity contribution >= 4 is 29.6 Å². The second-order valence-corrected chi connectivity index (χ2v) is 9.14. The van der Waals surface area contributed by atoms with Gasteiger partial charge >= 0.3 is 12.1 Å². The second kappa shape index (κ2) is 11.3. The molecule has 0 bridgehead atoms. The van der Waals surface area contributed by atoms with Gasteiger partial charge < -0.3 is 24.3 Å². The van der Waals surface area contributed by atoms with Gasteiger partial charge in [0, 0.05) is 17.4 Å². The van der Waals surface area contributed by atoms with Gasteiger partial charge in [-0.15, -0.1) is 0 Å². The minimum absolute atomic E-state index is 0.149. The molecule has 0 aliphatic carbocycles. The molecule has 0 unspecified atom stereocenters. The van der Waals surface area contributed by atoms with Crippen molar-refractivity contribution in [3.63, 3.8) is 0 Å². The van der Waals surface area contributed by atoms with Gasteiger partial charge in [0.25, 0.3) is 0 Å². The Kier molecular flexibility index (Phi) is 9.13. The number of carbonyl (C=O) groups is 3. The third kappa shape index (κ3) is 8.33. The van der Waals surface area contributed by atoms with Crippen LogP contribution in [0.3, 0.4) is 0 Å². The van der Waals surface area contributed by atoms with E-state index < -0.39 is 30.0 Å². The monoisotopic (exact) mass is 439 g/mol. The topological polar surface area (TPSA) is 100 Å². The van der Waals surface area contributed by atoms with Gasteiger partial charge in [-0.25, -0.2) is 9.59 Å². The molecule has 1 aliphatic rings. The summed E-state index contributed by atoms with van der Waals surface area (Å²) in [5.41, 5.74) is 0.274. The van der Waals surface area contributed by atoms with E-state index in [1.165, 1.54) is 18.9 Å². The predicted octanol–water partition coefficient (Wildman–Crippen LogP) is 2.69. The summed E-state index contributed by atoms with van der Waals surface area (Å²) < 4.78 is 21.1. The number of nitrogens with one attached hydrogen (secondary N) is 1.